The number of piperidine rings is 1. The highest BCUT2D eigenvalue weighted by Crippen LogP contribution is 2.40. The fraction of sp³-hybridized carbons (Fsp3) is 0.647. The van der Waals surface area contributed by atoms with E-state index in [2.05, 4.69) is 14.9 Å². The molecule has 0 aromatic carbocycles. The number of hydrogen-bond donors (Lipinski definition) is 0. The fourth-order valence-electron chi connectivity index (χ4n) is 3.65. The first-order valence-electron chi connectivity index (χ1n) is 8.52. The zero-order chi connectivity index (χ0) is 14.8. The van der Waals surface area contributed by atoms with Crippen molar-refractivity contribution in [2.75, 3.05) is 25.4 Å². The van der Waals surface area contributed by atoms with Crippen LogP contribution < -0.4 is 0 Å². The smallest absolute Gasteiger partial charge is 0.128 e. The predicted octanol–water partition coefficient (Wildman–Crippen LogP) is 4.15. The van der Waals surface area contributed by atoms with Crippen molar-refractivity contribution in [3.63, 3.8) is 0 Å². The van der Waals surface area contributed by atoms with Crippen LogP contribution in [0.1, 0.15) is 42.5 Å². The summed E-state index contributed by atoms with van der Waals surface area (Å²) in [5, 5.41) is 2.60. The monoisotopic (exact) mass is 333 g/mol. The van der Waals surface area contributed by atoms with E-state index in [1.165, 1.54) is 85.6 Å². The Morgan fingerprint density at radius 2 is 2.00 bits per heavy atom. The Morgan fingerprint density at radius 3 is 2.91 bits per heavy atom. The topological polar surface area (TPSA) is 29.0 Å². The van der Waals surface area contributed by atoms with Crippen LogP contribution in [0, 0.1) is 0 Å². The van der Waals surface area contributed by atoms with Crippen molar-refractivity contribution in [1.82, 2.24) is 14.9 Å². The minimum absolute atomic E-state index is 1.17. The Bertz CT molecular complexity index is 647. The fourth-order valence-corrected chi connectivity index (χ4v) is 5.90. The number of thiophene rings is 1. The summed E-state index contributed by atoms with van der Waals surface area (Å²) in [6.45, 7) is 3.86. The van der Waals surface area contributed by atoms with Gasteiger partial charge in [0.25, 0.3) is 0 Å². The molecule has 22 heavy (non-hydrogen) atoms. The van der Waals surface area contributed by atoms with Gasteiger partial charge < -0.3 is 4.90 Å². The molecule has 0 radical (unpaired) electrons. The number of nitrogens with zero attached hydrogens (tertiary/aromatic N) is 3. The molecule has 0 atom stereocenters. The molecule has 0 amide bonds. The molecule has 0 N–H and O–H groups in total. The second-order valence-electron chi connectivity index (χ2n) is 6.32. The van der Waals surface area contributed by atoms with Gasteiger partial charge in [-0.1, -0.05) is 6.42 Å². The lowest BCUT2D eigenvalue weighted by Crippen LogP contribution is -2.30. The maximum atomic E-state index is 4.59. The van der Waals surface area contributed by atoms with Crippen LogP contribution in [0.4, 0.5) is 0 Å². The van der Waals surface area contributed by atoms with Crippen LogP contribution >= 0.6 is 23.1 Å². The quantitative estimate of drug-likeness (QED) is 0.467. The van der Waals surface area contributed by atoms with Crippen molar-refractivity contribution in [1.29, 1.82) is 0 Å². The third-order valence-electron chi connectivity index (χ3n) is 4.77. The van der Waals surface area contributed by atoms with E-state index in [-0.39, 0.29) is 0 Å². The Morgan fingerprint density at radius 1 is 1.09 bits per heavy atom. The average molecular weight is 334 g/mol. The van der Waals surface area contributed by atoms with Crippen LogP contribution in [0.25, 0.3) is 10.2 Å². The van der Waals surface area contributed by atoms with Crippen molar-refractivity contribution in [3.05, 3.63) is 16.8 Å². The minimum atomic E-state index is 1.17. The number of aromatic nitrogens is 2. The lowest BCUT2D eigenvalue weighted by molar-refractivity contribution is 0.230. The highest BCUT2D eigenvalue weighted by Gasteiger charge is 2.21. The molecule has 1 aliphatic heterocycles. The number of thioether (sulfide) groups is 1. The molecule has 2 aromatic rings. The Balaban J connectivity index is 1.39. The third-order valence-corrected chi connectivity index (χ3v) is 7.05. The van der Waals surface area contributed by atoms with Crippen molar-refractivity contribution in [2.24, 2.45) is 0 Å². The van der Waals surface area contributed by atoms with Crippen LogP contribution in [-0.4, -0.2) is 40.3 Å². The summed E-state index contributed by atoms with van der Waals surface area (Å²) in [4.78, 5) is 14.5. The SMILES string of the molecule is c1nc(SCCCN2CCCCC2)c2c3c(sc2n1)CCC3. The van der Waals surface area contributed by atoms with Crippen molar-refractivity contribution in [3.8, 4) is 0 Å². The molecular formula is C17H23N3S2. The van der Waals surface area contributed by atoms with Crippen molar-refractivity contribution >= 4 is 33.3 Å². The molecule has 1 fully saturated rings. The van der Waals surface area contributed by atoms with Gasteiger partial charge >= 0.3 is 0 Å². The number of hydrogen-bond acceptors (Lipinski definition) is 5. The first-order valence-corrected chi connectivity index (χ1v) is 10.3. The second-order valence-corrected chi connectivity index (χ2v) is 8.49. The maximum Gasteiger partial charge on any atom is 0.128 e. The third kappa shape index (κ3) is 3.03. The van der Waals surface area contributed by atoms with Gasteiger partial charge in [0.15, 0.2) is 0 Å². The minimum Gasteiger partial charge on any atom is -0.303 e. The van der Waals surface area contributed by atoms with Gasteiger partial charge in [-0.25, -0.2) is 9.97 Å². The summed E-state index contributed by atoms with van der Waals surface area (Å²) in [5.41, 5.74) is 1.55. The Labute approximate surface area is 140 Å². The molecule has 0 saturated carbocycles. The van der Waals surface area contributed by atoms with Gasteiger partial charge in [0.05, 0.1) is 0 Å². The van der Waals surface area contributed by atoms with Gasteiger partial charge in [0.1, 0.15) is 16.2 Å². The molecule has 1 saturated heterocycles. The zero-order valence-electron chi connectivity index (χ0n) is 13.0. The summed E-state index contributed by atoms with van der Waals surface area (Å²) < 4.78 is 0. The number of aryl methyl sites for hydroxylation is 2. The van der Waals surface area contributed by atoms with E-state index in [0.717, 1.165) is 0 Å². The summed E-state index contributed by atoms with van der Waals surface area (Å²) >= 11 is 3.83. The summed E-state index contributed by atoms with van der Waals surface area (Å²) in [7, 11) is 0. The van der Waals surface area contributed by atoms with Gasteiger partial charge in [-0.05, 0) is 63.7 Å². The standard InChI is InChI=1S/C17H23N3S2/c1-2-8-20(9-3-1)10-5-11-21-16-15-13-6-4-7-14(13)22-17(15)19-12-18-16/h12H,1-11H2. The molecular weight excluding hydrogens is 310 g/mol. The molecule has 5 heteroatoms. The molecule has 3 heterocycles. The van der Waals surface area contributed by atoms with Crippen LogP contribution in [-0.2, 0) is 12.8 Å². The second kappa shape index (κ2) is 6.85. The summed E-state index contributed by atoms with van der Waals surface area (Å²) in [6, 6.07) is 0. The molecule has 2 aliphatic rings. The van der Waals surface area contributed by atoms with Crippen LogP contribution in [0.15, 0.2) is 11.4 Å². The number of likely N-dealkylation sites (tertiary alicyclic amines) is 1. The molecule has 3 nitrogen and oxygen atoms in total. The highest BCUT2D eigenvalue weighted by atomic mass is 32.2. The Kier molecular flexibility index (Phi) is 4.64. The first kappa shape index (κ1) is 14.9. The molecule has 0 bridgehead atoms. The van der Waals surface area contributed by atoms with Gasteiger partial charge in [-0.3, -0.25) is 0 Å². The first-order chi connectivity index (χ1) is 10.9. The van der Waals surface area contributed by atoms with Gasteiger partial charge in [0.2, 0.25) is 0 Å². The highest BCUT2D eigenvalue weighted by molar-refractivity contribution is 7.99. The average Bonchev–Trinajstić information content (AvgIpc) is 3.13. The largest absolute Gasteiger partial charge is 0.303 e. The zero-order valence-corrected chi connectivity index (χ0v) is 14.6. The molecule has 4 rings (SSSR count). The van der Waals surface area contributed by atoms with Crippen molar-refractivity contribution < 1.29 is 0 Å². The van der Waals surface area contributed by atoms with E-state index in [1.807, 2.05) is 23.1 Å². The van der Waals surface area contributed by atoms with Crippen LogP contribution in [0.3, 0.4) is 0 Å². The number of fused-ring (bicyclic) bond motifs is 3. The van der Waals surface area contributed by atoms with E-state index in [9.17, 15) is 0 Å². The predicted molar refractivity (Wildman–Crippen MR) is 95.1 cm³/mol. The molecule has 118 valence electrons. The van der Waals surface area contributed by atoms with Gasteiger partial charge in [-0.15, -0.1) is 23.1 Å². The number of rotatable bonds is 5. The van der Waals surface area contributed by atoms with E-state index in [1.54, 1.807) is 16.8 Å². The van der Waals surface area contributed by atoms with E-state index in [4.69, 9.17) is 0 Å². The maximum absolute atomic E-state index is 4.59. The lowest BCUT2D eigenvalue weighted by Gasteiger charge is -2.26. The summed E-state index contributed by atoms with van der Waals surface area (Å²) in [6.07, 6.45) is 11.0. The van der Waals surface area contributed by atoms with Crippen molar-refractivity contribution in [2.45, 2.75) is 50.0 Å². The van der Waals surface area contributed by atoms with Crippen LogP contribution in [0.2, 0.25) is 0 Å². The van der Waals surface area contributed by atoms with E-state index in [0.29, 0.717) is 0 Å². The van der Waals surface area contributed by atoms with Crippen LogP contribution in [0.5, 0.6) is 0 Å². The molecule has 0 unspecified atom stereocenters. The van der Waals surface area contributed by atoms with E-state index >= 15 is 0 Å². The molecule has 0 spiro atoms. The van der Waals surface area contributed by atoms with E-state index < -0.39 is 0 Å². The Hall–Kier alpha value is -0.650. The normalized spacial score (nSPS) is 18.9. The summed E-state index contributed by atoms with van der Waals surface area (Å²) in [5.74, 6) is 1.17. The van der Waals surface area contributed by atoms with Gasteiger partial charge in [-0.2, -0.15) is 0 Å². The molecule has 2 aromatic heterocycles. The van der Waals surface area contributed by atoms with Gasteiger partial charge in [0, 0.05) is 16.0 Å². The molecule has 1 aliphatic carbocycles. The lowest BCUT2D eigenvalue weighted by atomic mass is 10.1.